The molecule has 1 nitrogen and oxygen atoms in total. The first kappa shape index (κ1) is 7.92. The van der Waals surface area contributed by atoms with E-state index in [2.05, 4.69) is 0 Å². The van der Waals surface area contributed by atoms with E-state index in [0.717, 1.165) is 12.8 Å². The van der Waals surface area contributed by atoms with Gasteiger partial charge in [0, 0.05) is 6.42 Å². The van der Waals surface area contributed by atoms with Crippen molar-refractivity contribution in [3.8, 4) is 0 Å². The second kappa shape index (κ2) is 2.82. The lowest BCUT2D eigenvalue weighted by atomic mass is 10.1. The molecule has 60 valence electrons. The molecule has 0 heterocycles. The Morgan fingerprint density at radius 1 is 1.20 bits per heavy atom. The maximum Gasteiger partial charge on any atom is 0.273 e. The van der Waals surface area contributed by atoms with Crippen LogP contribution < -0.4 is 0 Å². The van der Waals surface area contributed by atoms with Crippen LogP contribution >= 0.6 is 0 Å². The summed E-state index contributed by atoms with van der Waals surface area (Å²) in [6.45, 7) is 0. The van der Waals surface area contributed by atoms with E-state index in [1.165, 1.54) is 0 Å². The smallest absolute Gasteiger partial charge is 0.273 e. The van der Waals surface area contributed by atoms with Crippen LogP contribution in [0.4, 0.5) is 8.78 Å². The lowest BCUT2D eigenvalue weighted by molar-refractivity contribution is -0.111. The Labute approximate surface area is 59.0 Å². The predicted octanol–water partition coefficient (Wildman–Crippen LogP) is 1.95. The van der Waals surface area contributed by atoms with Crippen LogP contribution in [0.25, 0.3) is 0 Å². The van der Waals surface area contributed by atoms with Crippen LogP contribution in [0.15, 0.2) is 0 Å². The van der Waals surface area contributed by atoms with Gasteiger partial charge in [-0.05, 0) is 12.8 Å². The summed E-state index contributed by atoms with van der Waals surface area (Å²) in [6, 6.07) is 0. The van der Waals surface area contributed by atoms with Crippen molar-refractivity contribution in [2.45, 2.75) is 44.1 Å². The Bertz CT molecular complexity index is 114. The van der Waals surface area contributed by atoms with Crippen molar-refractivity contribution in [2.75, 3.05) is 0 Å². The standard InChI is InChI=1S/C7H12F2O/c8-7(9)5-3-1-2-4-6(7)10/h6,10H,1-5H2. The van der Waals surface area contributed by atoms with E-state index in [1.807, 2.05) is 0 Å². The summed E-state index contributed by atoms with van der Waals surface area (Å²) in [5, 5.41) is 8.87. The van der Waals surface area contributed by atoms with Crippen LogP contribution in [0.3, 0.4) is 0 Å². The first-order valence-electron chi connectivity index (χ1n) is 3.69. The third kappa shape index (κ3) is 1.66. The topological polar surface area (TPSA) is 20.2 Å². The average molecular weight is 150 g/mol. The first-order valence-corrected chi connectivity index (χ1v) is 3.69. The molecule has 1 rings (SSSR count). The van der Waals surface area contributed by atoms with Gasteiger partial charge in [0.2, 0.25) is 0 Å². The summed E-state index contributed by atoms with van der Waals surface area (Å²) < 4.78 is 25.2. The van der Waals surface area contributed by atoms with E-state index in [-0.39, 0.29) is 12.8 Å². The quantitative estimate of drug-likeness (QED) is 0.523. The van der Waals surface area contributed by atoms with Gasteiger partial charge >= 0.3 is 0 Å². The summed E-state index contributed by atoms with van der Waals surface area (Å²) in [4.78, 5) is 0. The molecule has 1 aliphatic carbocycles. The van der Waals surface area contributed by atoms with Gasteiger partial charge in [0.25, 0.3) is 5.92 Å². The van der Waals surface area contributed by atoms with Crippen molar-refractivity contribution in [3.63, 3.8) is 0 Å². The molecule has 0 aromatic heterocycles. The highest BCUT2D eigenvalue weighted by Gasteiger charge is 2.38. The second-order valence-corrected chi connectivity index (χ2v) is 2.88. The van der Waals surface area contributed by atoms with E-state index >= 15 is 0 Å². The van der Waals surface area contributed by atoms with E-state index in [1.54, 1.807) is 0 Å². The Kier molecular flexibility index (Phi) is 2.24. The summed E-state index contributed by atoms with van der Waals surface area (Å²) >= 11 is 0. The maximum atomic E-state index is 12.6. The van der Waals surface area contributed by atoms with Gasteiger partial charge in [-0.3, -0.25) is 0 Å². The molecular weight excluding hydrogens is 138 g/mol. The van der Waals surface area contributed by atoms with Gasteiger partial charge in [-0.2, -0.15) is 0 Å². The van der Waals surface area contributed by atoms with Crippen LogP contribution in [-0.2, 0) is 0 Å². The fourth-order valence-corrected chi connectivity index (χ4v) is 1.25. The highest BCUT2D eigenvalue weighted by atomic mass is 19.3. The molecule has 0 aromatic rings. The molecule has 0 radical (unpaired) electrons. The van der Waals surface area contributed by atoms with Crippen molar-refractivity contribution < 1.29 is 13.9 Å². The zero-order chi connectivity index (χ0) is 7.61. The van der Waals surface area contributed by atoms with Gasteiger partial charge in [0.15, 0.2) is 0 Å². The molecule has 1 atom stereocenters. The van der Waals surface area contributed by atoms with Crippen molar-refractivity contribution in [1.82, 2.24) is 0 Å². The molecular formula is C7H12F2O. The SMILES string of the molecule is OC1CCCCCC1(F)F. The van der Waals surface area contributed by atoms with Crippen LogP contribution in [-0.4, -0.2) is 17.1 Å². The molecule has 0 bridgehead atoms. The number of alkyl halides is 2. The van der Waals surface area contributed by atoms with Crippen LogP contribution in [0.5, 0.6) is 0 Å². The molecule has 1 aliphatic rings. The summed E-state index contributed by atoms with van der Waals surface area (Å²) in [7, 11) is 0. The zero-order valence-corrected chi connectivity index (χ0v) is 5.82. The molecule has 0 aromatic carbocycles. The van der Waals surface area contributed by atoms with Gasteiger partial charge in [0.05, 0.1) is 0 Å². The number of rotatable bonds is 0. The van der Waals surface area contributed by atoms with Gasteiger partial charge in [-0.15, -0.1) is 0 Å². The Morgan fingerprint density at radius 2 is 1.90 bits per heavy atom. The maximum absolute atomic E-state index is 12.6. The Morgan fingerprint density at radius 3 is 2.60 bits per heavy atom. The number of halogens is 2. The third-order valence-corrected chi connectivity index (χ3v) is 1.98. The molecule has 3 heteroatoms. The van der Waals surface area contributed by atoms with Gasteiger partial charge in [0.1, 0.15) is 6.10 Å². The molecule has 1 fully saturated rings. The minimum absolute atomic E-state index is 0.145. The highest BCUT2D eigenvalue weighted by Crippen LogP contribution is 2.31. The lowest BCUT2D eigenvalue weighted by Gasteiger charge is -2.18. The molecule has 1 N–H and O–H groups in total. The van der Waals surface area contributed by atoms with Gasteiger partial charge < -0.3 is 5.11 Å². The molecule has 10 heavy (non-hydrogen) atoms. The van der Waals surface area contributed by atoms with Crippen molar-refractivity contribution in [3.05, 3.63) is 0 Å². The van der Waals surface area contributed by atoms with Crippen LogP contribution in [0.1, 0.15) is 32.1 Å². The summed E-state index contributed by atoms with van der Waals surface area (Å²) in [5.74, 6) is -2.82. The lowest BCUT2D eigenvalue weighted by Crippen LogP contribution is -2.31. The molecule has 0 amide bonds. The fraction of sp³-hybridized carbons (Fsp3) is 1.00. The summed E-state index contributed by atoms with van der Waals surface area (Å²) in [5.41, 5.74) is 0. The molecule has 0 spiro atoms. The van der Waals surface area contributed by atoms with E-state index < -0.39 is 12.0 Å². The van der Waals surface area contributed by atoms with Gasteiger partial charge in [-0.25, -0.2) is 8.78 Å². The Balaban J connectivity index is 2.52. The normalized spacial score (nSPS) is 33.3. The monoisotopic (exact) mass is 150 g/mol. The fourth-order valence-electron chi connectivity index (χ4n) is 1.25. The highest BCUT2D eigenvalue weighted by molar-refractivity contribution is 4.78. The minimum Gasteiger partial charge on any atom is -0.387 e. The van der Waals surface area contributed by atoms with Crippen molar-refractivity contribution in [2.24, 2.45) is 0 Å². The number of hydrogen-bond donors (Lipinski definition) is 1. The Hall–Kier alpha value is -0.180. The number of hydrogen-bond acceptors (Lipinski definition) is 1. The van der Waals surface area contributed by atoms with Crippen LogP contribution in [0, 0.1) is 0 Å². The summed E-state index contributed by atoms with van der Waals surface area (Å²) in [6.07, 6.45) is 0.823. The number of aliphatic hydroxyl groups excluding tert-OH is 1. The van der Waals surface area contributed by atoms with Gasteiger partial charge in [-0.1, -0.05) is 12.8 Å². The molecule has 1 saturated carbocycles. The average Bonchev–Trinajstić information content (AvgIpc) is 1.96. The first-order chi connectivity index (χ1) is 4.63. The third-order valence-electron chi connectivity index (χ3n) is 1.98. The van der Waals surface area contributed by atoms with Crippen molar-refractivity contribution in [1.29, 1.82) is 0 Å². The van der Waals surface area contributed by atoms with E-state index in [4.69, 9.17) is 5.11 Å². The van der Waals surface area contributed by atoms with Crippen molar-refractivity contribution >= 4 is 0 Å². The largest absolute Gasteiger partial charge is 0.387 e. The van der Waals surface area contributed by atoms with E-state index in [9.17, 15) is 8.78 Å². The predicted molar refractivity (Wildman–Crippen MR) is 34.0 cm³/mol. The molecule has 0 saturated heterocycles. The minimum atomic E-state index is -2.82. The zero-order valence-electron chi connectivity index (χ0n) is 5.82. The molecule has 1 unspecified atom stereocenters. The molecule has 0 aliphatic heterocycles. The van der Waals surface area contributed by atoms with E-state index in [0.29, 0.717) is 6.42 Å². The second-order valence-electron chi connectivity index (χ2n) is 2.88. The van der Waals surface area contributed by atoms with Crippen LogP contribution in [0.2, 0.25) is 0 Å². The number of aliphatic hydroxyl groups is 1.